The van der Waals surface area contributed by atoms with Gasteiger partial charge in [0.2, 0.25) is 15.9 Å². The zero-order valence-electron chi connectivity index (χ0n) is 14.3. The van der Waals surface area contributed by atoms with Gasteiger partial charge in [0.15, 0.2) is 0 Å². The molecule has 3 rings (SSSR count). The minimum Gasteiger partial charge on any atom is -0.381 e. The van der Waals surface area contributed by atoms with Gasteiger partial charge in [0, 0.05) is 39.4 Å². The fraction of sp³-hybridized carbons (Fsp3) is 0.588. The smallest absolute Gasteiger partial charge is 0.233 e. The number of piperazine rings is 1. The van der Waals surface area contributed by atoms with E-state index in [1.165, 1.54) is 22.7 Å². The Morgan fingerprint density at radius 3 is 2.16 bits per heavy atom. The third-order valence-electron chi connectivity index (χ3n) is 5.15. The maximum Gasteiger partial charge on any atom is 0.233 e. The number of amides is 1. The molecule has 0 atom stereocenters. The van der Waals surface area contributed by atoms with E-state index in [1.54, 1.807) is 17.0 Å². The van der Waals surface area contributed by atoms with E-state index in [1.807, 2.05) is 0 Å². The Hall–Kier alpha value is -1.51. The highest BCUT2D eigenvalue weighted by Crippen LogP contribution is 2.37. The highest BCUT2D eigenvalue weighted by Gasteiger charge is 2.44. The van der Waals surface area contributed by atoms with Crippen molar-refractivity contribution in [2.24, 2.45) is 0 Å². The molecule has 138 valence electrons. The van der Waals surface area contributed by atoms with Crippen LogP contribution in [0.15, 0.2) is 24.3 Å². The third-order valence-corrected chi connectivity index (χ3v) is 6.45. The molecule has 0 radical (unpaired) electrons. The molecule has 1 aromatic carbocycles. The van der Waals surface area contributed by atoms with Gasteiger partial charge >= 0.3 is 0 Å². The zero-order valence-corrected chi connectivity index (χ0v) is 15.1. The SMILES string of the molecule is CS(=O)(=O)N1CCN(C(=O)C2(c3ccc(F)cc3)CCOCC2)CC1. The first kappa shape index (κ1) is 18.3. The van der Waals surface area contributed by atoms with Crippen molar-refractivity contribution in [3.8, 4) is 0 Å². The summed E-state index contributed by atoms with van der Waals surface area (Å²) in [6.45, 7) is 2.31. The van der Waals surface area contributed by atoms with Gasteiger partial charge in [-0.1, -0.05) is 12.1 Å². The number of hydrogen-bond donors (Lipinski definition) is 0. The molecule has 0 aliphatic carbocycles. The van der Waals surface area contributed by atoms with Crippen LogP contribution in [0.25, 0.3) is 0 Å². The van der Waals surface area contributed by atoms with Crippen LogP contribution in [0.1, 0.15) is 18.4 Å². The fourth-order valence-electron chi connectivity index (χ4n) is 3.64. The van der Waals surface area contributed by atoms with Gasteiger partial charge in [0.05, 0.1) is 11.7 Å². The number of carbonyl (C=O) groups excluding carboxylic acids is 1. The van der Waals surface area contributed by atoms with Crippen LogP contribution in [0.2, 0.25) is 0 Å². The topological polar surface area (TPSA) is 66.9 Å². The first-order chi connectivity index (χ1) is 11.8. The highest BCUT2D eigenvalue weighted by atomic mass is 32.2. The summed E-state index contributed by atoms with van der Waals surface area (Å²) in [4.78, 5) is 15.1. The van der Waals surface area contributed by atoms with Gasteiger partial charge in [-0.05, 0) is 30.5 Å². The number of rotatable bonds is 3. The molecule has 2 aliphatic rings. The van der Waals surface area contributed by atoms with Crippen molar-refractivity contribution < 1.29 is 22.3 Å². The summed E-state index contributed by atoms with van der Waals surface area (Å²) in [6.07, 6.45) is 2.27. The van der Waals surface area contributed by atoms with Gasteiger partial charge in [0.1, 0.15) is 5.82 Å². The minimum absolute atomic E-state index is 0.0180. The number of carbonyl (C=O) groups is 1. The van der Waals surface area contributed by atoms with Gasteiger partial charge in [-0.2, -0.15) is 4.31 Å². The lowest BCUT2D eigenvalue weighted by Gasteiger charge is -2.42. The van der Waals surface area contributed by atoms with Crippen LogP contribution in [-0.4, -0.2) is 69.2 Å². The summed E-state index contributed by atoms with van der Waals surface area (Å²) in [5.74, 6) is -0.351. The molecule has 2 saturated heterocycles. The lowest BCUT2D eigenvalue weighted by Crippen LogP contribution is -2.56. The van der Waals surface area contributed by atoms with E-state index in [0.717, 1.165) is 5.56 Å². The molecular formula is C17H23FN2O4S. The molecule has 2 aliphatic heterocycles. The molecule has 2 fully saturated rings. The number of sulfonamides is 1. The molecule has 1 aromatic rings. The van der Waals surface area contributed by atoms with E-state index in [4.69, 9.17) is 4.74 Å². The lowest BCUT2D eigenvalue weighted by atomic mass is 9.73. The first-order valence-corrected chi connectivity index (χ1v) is 10.3. The summed E-state index contributed by atoms with van der Waals surface area (Å²) < 4.78 is 43.4. The van der Waals surface area contributed by atoms with E-state index < -0.39 is 15.4 Å². The number of benzene rings is 1. The van der Waals surface area contributed by atoms with Crippen molar-refractivity contribution in [2.45, 2.75) is 18.3 Å². The molecular weight excluding hydrogens is 347 g/mol. The van der Waals surface area contributed by atoms with Crippen LogP contribution >= 0.6 is 0 Å². The van der Waals surface area contributed by atoms with Crippen LogP contribution in [0.3, 0.4) is 0 Å². The summed E-state index contributed by atoms with van der Waals surface area (Å²) in [5.41, 5.74) is 0.0758. The van der Waals surface area contributed by atoms with E-state index >= 15 is 0 Å². The van der Waals surface area contributed by atoms with Crippen molar-refractivity contribution >= 4 is 15.9 Å². The van der Waals surface area contributed by atoms with Gasteiger partial charge in [-0.3, -0.25) is 4.79 Å². The maximum atomic E-state index is 13.3. The molecule has 0 spiro atoms. The minimum atomic E-state index is -3.24. The quantitative estimate of drug-likeness (QED) is 0.796. The first-order valence-electron chi connectivity index (χ1n) is 8.41. The predicted octanol–water partition coefficient (Wildman–Crippen LogP) is 0.978. The highest BCUT2D eigenvalue weighted by molar-refractivity contribution is 7.88. The van der Waals surface area contributed by atoms with Gasteiger partial charge in [-0.25, -0.2) is 12.8 Å². The van der Waals surface area contributed by atoms with Crippen molar-refractivity contribution in [1.29, 1.82) is 0 Å². The Morgan fingerprint density at radius 1 is 1.08 bits per heavy atom. The van der Waals surface area contributed by atoms with Crippen molar-refractivity contribution in [2.75, 3.05) is 45.6 Å². The maximum absolute atomic E-state index is 13.3. The van der Waals surface area contributed by atoms with Crippen molar-refractivity contribution in [3.05, 3.63) is 35.6 Å². The summed E-state index contributed by atoms with van der Waals surface area (Å²) in [5, 5.41) is 0. The third kappa shape index (κ3) is 3.70. The van der Waals surface area contributed by atoms with E-state index in [2.05, 4.69) is 0 Å². The Kier molecular flexibility index (Phi) is 5.13. The van der Waals surface area contributed by atoms with Crippen LogP contribution in [-0.2, 0) is 25.0 Å². The second kappa shape index (κ2) is 7.01. The van der Waals surface area contributed by atoms with Crippen LogP contribution in [0.5, 0.6) is 0 Å². The largest absolute Gasteiger partial charge is 0.381 e. The van der Waals surface area contributed by atoms with Crippen LogP contribution in [0.4, 0.5) is 4.39 Å². The van der Waals surface area contributed by atoms with Crippen LogP contribution < -0.4 is 0 Å². The van der Waals surface area contributed by atoms with E-state index in [-0.39, 0.29) is 11.7 Å². The molecule has 8 heteroatoms. The molecule has 1 amide bonds. The Labute approximate surface area is 147 Å². The van der Waals surface area contributed by atoms with Gasteiger partial charge < -0.3 is 9.64 Å². The average Bonchev–Trinajstić information content (AvgIpc) is 2.61. The number of ether oxygens (including phenoxy) is 1. The van der Waals surface area contributed by atoms with Crippen molar-refractivity contribution in [3.63, 3.8) is 0 Å². The van der Waals surface area contributed by atoms with Gasteiger partial charge in [0.25, 0.3) is 0 Å². The summed E-state index contributed by atoms with van der Waals surface area (Å²) in [7, 11) is -3.24. The van der Waals surface area contributed by atoms with Crippen LogP contribution in [0, 0.1) is 5.82 Å². The second-order valence-electron chi connectivity index (χ2n) is 6.66. The Balaban J connectivity index is 1.82. The molecule has 0 unspecified atom stereocenters. The number of hydrogen-bond acceptors (Lipinski definition) is 4. The molecule has 0 saturated carbocycles. The predicted molar refractivity (Wildman–Crippen MR) is 91.1 cm³/mol. The number of halogens is 1. The monoisotopic (exact) mass is 370 g/mol. The normalized spacial score (nSPS) is 21.9. The molecule has 0 bridgehead atoms. The lowest BCUT2D eigenvalue weighted by molar-refractivity contribution is -0.142. The molecule has 25 heavy (non-hydrogen) atoms. The van der Waals surface area contributed by atoms with Gasteiger partial charge in [-0.15, -0.1) is 0 Å². The standard InChI is InChI=1S/C17H23FN2O4S/c1-25(22,23)20-10-8-19(9-11-20)16(21)17(6-12-24-13-7-17)14-2-4-15(18)5-3-14/h2-5H,6-13H2,1H3. The van der Waals surface area contributed by atoms with E-state index in [0.29, 0.717) is 52.2 Å². The molecule has 0 N–H and O–H groups in total. The second-order valence-corrected chi connectivity index (χ2v) is 8.64. The summed E-state index contributed by atoms with van der Waals surface area (Å²) >= 11 is 0. The van der Waals surface area contributed by atoms with E-state index in [9.17, 15) is 17.6 Å². The summed E-state index contributed by atoms with van der Waals surface area (Å²) in [6, 6.07) is 6.10. The zero-order chi connectivity index (χ0) is 18.1. The fourth-order valence-corrected chi connectivity index (χ4v) is 4.47. The molecule has 6 nitrogen and oxygen atoms in total. The molecule has 2 heterocycles. The Morgan fingerprint density at radius 2 is 1.64 bits per heavy atom. The Bertz CT molecular complexity index is 722. The average molecular weight is 370 g/mol. The molecule has 0 aromatic heterocycles. The van der Waals surface area contributed by atoms with Crippen molar-refractivity contribution in [1.82, 2.24) is 9.21 Å². The number of nitrogens with zero attached hydrogens (tertiary/aromatic N) is 2.